The predicted octanol–water partition coefficient (Wildman–Crippen LogP) is 4.20. The Balaban J connectivity index is 0. The second-order valence-electron chi connectivity index (χ2n) is 5.18. The molecule has 0 radical (unpaired) electrons. The van der Waals surface area contributed by atoms with Crippen LogP contribution < -0.4 is 5.73 Å². The fourth-order valence-electron chi connectivity index (χ4n) is 1.49. The molecule has 2 N–H and O–H groups in total. The molecule has 0 saturated carbocycles. The highest BCUT2D eigenvalue weighted by Crippen LogP contribution is 2.02. The molecule has 0 aromatic heterocycles. The largest absolute Gasteiger partial charge is 0.351 e. The Morgan fingerprint density at radius 1 is 0.850 bits per heavy atom. The van der Waals surface area contributed by atoms with Crippen LogP contribution in [0.3, 0.4) is 0 Å². The third kappa shape index (κ3) is 14.9. The van der Waals surface area contributed by atoms with Crippen molar-refractivity contribution in [3.63, 3.8) is 0 Å². The SMILES string of the molecule is CC(C)N(C(N)=O)C(C)C.CC(C)S.c1ccccc1. The van der Waals surface area contributed by atoms with Crippen LogP contribution in [0, 0.1) is 0 Å². The highest BCUT2D eigenvalue weighted by Gasteiger charge is 2.15. The average molecular weight is 298 g/mol. The van der Waals surface area contributed by atoms with Crippen LogP contribution in [-0.4, -0.2) is 28.3 Å². The molecule has 0 saturated heterocycles. The summed E-state index contributed by atoms with van der Waals surface area (Å²) in [6.07, 6.45) is 0. The summed E-state index contributed by atoms with van der Waals surface area (Å²) in [4.78, 5) is 12.4. The molecular formula is C16H30N2OS. The van der Waals surface area contributed by atoms with E-state index in [-0.39, 0.29) is 18.1 Å². The molecular weight excluding hydrogens is 268 g/mol. The summed E-state index contributed by atoms with van der Waals surface area (Å²) < 4.78 is 0. The van der Waals surface area contributed by atoms with Gasteiger partial charge in [-0.15, -0.1) is 0 Å². The summed E-state index contributed by atoms with van der Waals surface area (Å²) in [5.74, 6) is 0. The number of rotatable bonds is 2. The van der Waals surface area contributed by atoms with Crippen LogP contribution in [0.2, 0.25) is 0 Å². The molecule has 0 unspecified atom stereocenters. The topological polar surface area (TPSA) is 46.3 Å². The molecule has 116 valence electrons. The van der Waals surface area contributed by atoms with Crippen molar-refractivity contribution in [2.45, 2.75) is 58.9 Å². The Hall–Kier alpha value is -1.16. The van der Waals surface area contributed by atoms with Crippen LogP contribution in [0.15, 0.2) is 36.4 Å². The second-order valence-corrected chi connectivity index (χ2v) is 6.21. The number of carbonyl (C=O) groups is 1. The molecule has 0 aliphatic heterocycles. The monoisotopic (exact) mass is 298 g/mol. The van der Waals surface area contributed by atoms with Crippen molar-refractivity contribution in [2.75, 3.05) is 0 Å². The lowest BCUT2D eigenvalue weighted by Gasteiger charge is -2.28. The Morgan fingerprint density at radius 2 is 1.05 bits per heavy atom. The number of hydrogen-bond donors (Lipinski definition) is 2. The zero-order valence-corrected chi connectivity index (χ0v) is 14.5. The Morgan fingerprint density at radius 3 is 1.10 bits per heavy atom. The lowest BCUT2D eigenvalue weighted by molar-refractivity contribution is 0.174. The van der Waals surface area contributed by atoms with Gasteiger partial charge in [0.05, 0.1) is 0 Å². The van der Waals surface area contributed by atoms with E-state index >= 15 is 0 Å². The van der Waals surface area contributed by atoms with Gasteiger partial charge in [0.25, 0.3) is 0 Å². The van der Waals surface area contributed by atoms with Gasteiger partial charge in [-0.25, -0.2) is 4.79 Å². The molecule has 1 aromatic carbocycles. The van der Waals surface area contributed by atoms with Crippen LogP contribution in [-0.2, 0) is 0 Å². The summed E-state index contributed by atoms with van der Waals surface area (Å²) in [6.45, 7) is 11.9. The summed E-state index contributed by atoms with van der Waals surface area (Å²) in [7, 11) is 0. The van der Waals surface area contributed by atoms with Crippen LogP contribution in [0.4, 0.5) is 4.79 Å². The lowest BCUT2D eigenvalue weighted by atomic mass is 10.2. The Labute approximate surface area is 130 Å². The van der Waals surface area contributed by atoms with E-state index in [2.05, 4.69) is 12.6 Å². The summed E-state index contributed by atoms with van der Waals surface area (Å²) in [5.41, 5.74) is 5.13. The first-order chi connectivity index (χ1) is 9.20. The van der Waals surface area contributed by atoms with Crippen LogP contribution in [0.1, 0.15) is 41.5 Å². The number of benzene rings is 1. The number of nitrogens with two attached hydrogens (primary N) is 1. The normalized spacial score (nSPS) is 9.50. The zero-order chi connectivity index (χ0) is 16.1. The molecule has 3 nitrogen and oxygen atoms in total. The van der Waals surface area contributed by atoms with Crippen molar-refractivity contribution in [3.8, 4) is 0 Å². The third-order valence-corrected chi connectivity index (χ3v) is 2.03. The van der Waals surface area contributed by atoms with Gasteiger partial charge in [0.2, 0.25) is 0 Å². The number of nitrogens with zero attached hydrogens (tertiary/aromatic N) is 1. The van der Waals surface area contributed by atoms with Gasteiger partial charge in [-0.1, -0.05) is 50.2 Å². The van der Waals surface area contributed by atoms with Crippen molar-refractivity contribution >= 4 is 18.7 Å². The molecule has 20 heavy (non-hydrogen) atoms. The van der Waals surface area contributed by atoms with E-state index < -0.39 is 0 Å². The minimum absolute atomic E-state index is 0.192. The van der Waals surface area contributed by atoms with Crippen molar-refractivity contribution in [2.24, 2.45) is 5.73 Å². The van der Waals surface area contributed by atoms with Crippen molar-refractivity contribution in [3.05, 3.63) is 36.4 Å². The quantitative estimate of drug-likeness (QED) is 0.790. The van der Waals surface area contributed by atoms with Gasteiger partial charge in [-0.05, 0) is 32.9 Å². The molecule has 1 aromatic rings. The summed E-state index contributed by atoms with van der Waals surface area (Å²) >= 11 is 3.97. The lowest BCUT2D eigenvalue weighted by Crippen LogP contribution is -2.45. The van der Waals surface area contributed by atoms with Gasteiger partial charge in [0.15, 0.2) is 0 Å². The van der Waals surface area contributed by atoms with Gasteiger partial charge in [0, 0.05) is 12.1 Å². The highest BCUT2D eigenvalue weighted by atomic mass is 32.1. The summed E-state index contributed by atoms with van der Waals surface area (Å²) in [6, 6.07) is 12.0. The van der Waals surface area contributed by atoms with Gasteiger partial charge in [0.1, 0.15) is 0 Å². The molecule has 0 fully saturated rings. The number of amides is 2. The number of hydrogen-bond acceptors (Lipinski definition) is 2. The first kappa shape index (κ1) is 21.1. The molecule has 0 spiro atoms. The van der Waals surface area contributed by atoms with E-state index in [9.17, 15) is 4.79 Å². The molecule has 0 atom stereocenters. The van der Waals surface area contributed by atoms with E-state index in [0.717, 1.165) is 0 Å². The van der Waals surface area contributed by atoms with E-state index in [0.29, 0.717) is 5.25 Å². The number of urea groups is 1. The summed E-state index contributed by atoms with van der Waals surface area (Å²) in [5, 5.41) is 0.528. The Bertz CT molecular complexity index is 289. The molecule has 4 heteroatoms. The fraction of sp³-hybridized carbons (Fsp3) is 0.562. The maximum absolute atomic E-state index is 10.7. The number of thiol groups is 1. The van der Waals surface area contributed by atoms with Gasteiger partial charge < -0.3 is 10.6 Å². The zero-order valence-electron chi connectivity index (χ0n) is 13.6. The maximum Gasteiger partial charge on any atom is 0.315 e. The standard InChI is InChI=1S/C7H16N2O.C6H6.C3H8S/c1-5(2)9(6(3)4)7(8)10;1-2-4-6-5-3-1;1-3(2)4/h5-6H,1-4H3,(H2,8,10);1-6H;3-4H,1-2H3. The van der Waals surface area contributed by atoms with Gasteiger partial charge in [-0.3, -0.25) is 0 Å². The van der Waals surface area contributed by atoms with Crippen molar-refractivity contribution in [1.82, 2.24) is 4.90 Å². The molecule has 0 heterocycles. The van der Waals surface area contributed by atoms with Crippen LogP contribution >= 0.6 is 12.6 Å². The molecule has 0 aliphatic rings. The van der Waals surface area contributed by atoms with Crippen molar-refractivity contribution < 1.29 is 4.79 Å². The molecule has 2 amide bonds. The average Bonchev–Trinajstić information content (AvgIpc) is 2.29. The fourth-order valence-corrected chi connectivity index (χ4v) is 1.49. The highest BCUT2D eigenvalue weighted by molar-refractivity contribution is 7.80. The Kier molecular flexibility index (Phi) is 13.6. The van der Waals surface area contributed by atoms with Crippen molar-refractivity contribution in [1.29, 1.82) is 0 Å². The van der Waals surface area contributed by atoms with Crippen LogP contribution in [0.25, 0.3) is 0 Å². The molecule has 1 rings (SSSR count). The minimum Gasteiger partial charge on any atom is -0.351 e. The molecule has 0 aliphatic carbocycles. The third-order valence-electron chi connectivity index (χ3n) is 2.03. The number of carbonyl (C=O) groups excluding carboxylic acids is 1. The second kappa shape index (κ2) is 12.9. The van der Waals surface area contributed by atoms with E-state index in [4.69, 9.17) is 5.73 Å². The van der Waals surface area contributed by atoms with Gasteiger partial charge >= 0.3 is 6.03 Å². The first-order valence-electron chi connectivity index (χ1n) is 6.96. The smallest absolute Gasteiger partial charge is 0.315 e. The van der Waals surface area contributed by atoms with E-state index in [1.54, 1.807) is 4.90 Å². The van der Waals surface area contributed by atoms with Crippen LogP contribution in [0.5, 0.6) is 0 Å². The van der Waals surface area contributed by atoms with E-state index in [1.165, 1.54) is 0 Å². The minimum atomic E-state index is -0.343. The maximum atomic E-state index is 10.7. The van der Waals surface area contributed by atoms with E-state index in [1.807, 2.05) is 77.9 Å². The number of primary amides is 1. The predicted molar refractivity (Wildman–Crippen MR) is 92.3 cm³/mol. The first-order valence-corrected chi connectivity index (χ1v) is 7.47. The van der Waals surface area contributed by atoms with Gasteiger partial charge in [-0.2, -0.15) is 12.6 Å². The molecule has 0 bridgehead atoms.